The first kappa shape index (κ1) is 15.1. The summed E-state index contributed by atoms with van der Waals surface area (Å²) in [4.78, 5) is 23.0. The van der Waals surface area contributed by atoms with Gasteiger partial charge >= 0.3 is 0 Å². The van der Waals surface area contributed by atoms with Gasteiger partial charge in [0.2, 0.25) is 0 Å². The molecule has 4 rings (SSSR count). The zero-order valence-electron chi connectivity index (χ0n) is 12.7. The molecule has 0 aliphatic carbocycles. The molecule has 2 aromatic carbocycles. The first-order chi connectivity index (χ1) is 11.6. The molecule has 0 unspecified atom stereocenters. The van der Waals surface area contributed by atoms with Crippen LogP contribution in [0.5, 0.6) is 0 Å². The van der Waals surface area contributed by atoms with Gasteiger partial charge in [0.05, 0.1) is 32.7 Å². The van der Waals surface area contributed by atoms with Gasteiger partial charge in [-0.25, -0.2) is 9.97 Å². The Morgan fingerprint density at radius 2 is 1.96 bits per heavy atom. The Balaban J connectivity index is 2.15. The highest BCUT2D eigenvalue weighted by atomic mass is 35.5. The van der Waals surface area contributed by atoms with Crippen LogP contribution in [0.25, 0.3) is 27.3 Å². The van der Waals surface area contributed by atoms with Crippen LogP contribution in [0.2, 0.25) is 5.02 Å². The second-order valence-electron chi connectivity index (χ2n) is 5.34. The van der Waals surface area contributed by atoms with Crippen molar-refractivity contribution in [2.45, 2.75) is 6.92 Å². The normalized spacial score (nSPS) is 11.1. The van der Waals surface area contributed by atoms with Crippen molar-refractivity contribution >= 4 is 33.8 Å². The Morgan fingerprint density at radius 3 is 2.71 bits per heavy atom. The Hall–Kier alpha value is -2.50. The van der Waals surface area contributed by atoms with Gasteiger partial charge in [-0.1, -0.05) is 29.8 Å². The highest BCUT2D eigenvalue weighted by Gasteiger charge is 2.17. The van der Waals surface area contributed by atoms with E-state index in [1.807, 2.05) is 37.3 Å². The van der Waals surface area contributed by atoms with Crippen molar-refractivity contribution in [3.8, 4) is 16.4 Å². The molecule has 4 aromatic rings. The number of hydrogen-bond acceptors (Lipinski definition) is 4. The van der Waals surface area contributed by atoms with Gasteiger partial charge in [-0.05, 0) is 37.3 Å². The van der Waals surface area contributed by atoms with Crippen molar-refractivity contribution < 1.29 is 0 Å². The van der Waals surface area contributed by atoms with Crippen LogP contribution in [0.1, 0.15) is 5.69 Å². The zero-order valence-corrected chi connectivity index (χ0v) is 14.3. The van der Waals surface area contributed by atoms with E-state index in [1.54, 1.807) is 28.3 Å². The van der Waals surface area contributed by atoms with Gasteiger partial charge in [0, 0.05) is 5.02 Å². The summed E-state index contributed by atoms with van der Waals surface area (Å²) in [5.74, 6) is 0.584. The molecule has 6 heteroatoms. The quantitative estimate of drug-likeness (QED) is 0.534. The molecule has 0 bridgehead atoms. The number of aryl methyl sites for hydroxylation is 1. The summed E-state index contributed by atoms with van der Waals surface area (Å²) in [6, 6.07) is 14.6. The number of thiazole rings is 1. The maximum Gasteiger partial charge on any atom is 0.266 e. The molecular weight excluding hydrogens is 342 g/mol. The minimum absolute atomic E-state index is 0.120. The van der Waals surface area contributed by atoms with Crippen molar-refractivity contribution in [1.82, 2.24) is 14.5 Å². The average Bonchev–Trinajstić information content (AvgIpc) is 3.00. The molecule has 0 radical (unpaired) electrons. The third-order valence-electron chi connectivity index (χ3n) is 3.79. The van der Waals surface area contributed by atoms with Gasteiger partial charge < -0.3 is 0 Å². The van der Waals surface area contributed by atoms with E-state index in [4.69, 9.17) is 16.6 Å². The van der Waals surface area contributed by atoms with Crippen LogP contribution in [0.4, 0.5) is 0 Å². The predicted molar refractivity (Wildman–Crippen MR) is 98.2 cm³/mol. The van der Waals surface area contributed by atoms with Crippen LogP contribution in [0, 0.1) is 6.92 Å². The Kier molecular flexibility index (Phi) is 3.67. The van der Waals surface area contributed by atoms with Crippen LogP contribution in [0.15, 0.2) is 58.8 Å². The number of nitrogens with zero attached hydrogens (tertiary/aromatic N) is 3. The molecule has 0 atom stereocenters. The van der Waals surface area contributed by atoms with Crippen molar-refractivity contribution in [2.75, 3.05) is 0 Å². The summed E-state index contributed by atoms with van der Waals surface area (Å²) < 4.78 is 1.61. The molecule has 0 saturated carbocycles. The molecule has 118 valence electrons. The van der Waals surface area contributed by atoms with Gasteiger partial charge in [0.25, 0.3) is 5.56 Å². The Labute approximate surface area is 147 Å². The van der Waals surface area contributed by atoms with E-state index in [9.17, 15) is 4.79 Å². The van der Waals surface area contributed by atoms with Crippen molar-refractivity contribution in [2.24, 2.45) is 0 Å². The standard InChI is InChI=1S/C18H12ClN3OS/c1-11-16(24-10-20-11)17-21-15-8-3-2-7-14(15)18(23)22(17)13-6-4-5-12(19)9-13/h2-10H,1H3. The summed E-state index contributed by atoms with van der Waals surface area (Å²) >= 11 is 7.59. The molecule has 0 aliphatic rings. The zero-order chi connectivity index (χ0) is 16.7. The van der Waals surface area contributed by atoms with Crippen LogP contribution in [0.3, 0.4) is 0 Å². The number of fused-ring (bicyclic) bond motifs is 1. The molecule has 24 heavy (non-hydrogen) atoms. The average molecular weight is 354 g/mol. The fourth-order valence-corrected chi connectivity index (χ4v) is 3.62. The Bertz CT molecular complexity index is 1120. The number of rotatable bonds is 2. The van der Waals surface area contributed by atoms with Crippen molar-refractivity contribution in [1.29, 1.82) is 0 Å². The van der Waals surface area contributed by atoms with Gasteiger partial charge in [0.1, 0.15) is 0 Å². The smallest absolute Gasteiger partial charge is 0.266 e. The second kappa shape index (κ2) is 5.85. The number of halogens is 1. The molecule has 0 fully saturated rings. The van der Waals surface area contributed by atoms with E-state index < -0.39 is 0 Å². The Morgan fingerprint density at radius 1 is 1.12 bits per heavy atom. The van der Waals surface area contributed by atoms with Gasteiger partial charge in [-0.15, -0.1) is 11.3 Å². The van der Waals surface area contributed by atoms with Crippen LogP contribution >= 0.6 is 22.9 Å². The van der Waals surface area contributed by atoms with Gasteiger partial charge in [-0.3, -0.25) is 9.36 Å². The van der Waals surface area contributed by atoms with Gasteiger partial charge in [-0.2, -0.15) is 0 Å². The number of aromatic nitrogens is 3. The monoisotopic (exact) mass is 353 g/mol. The highest BCUT2D eigenvalue weighted by molar-refractivity contribution is 7.13. The maximum absolute atomic E-state index is 13.1. The summed E-state index contributed by atoms with van der Waals surface area (Å²) in [7, 11) is 0. The van der Waals surface area contributed by atoms with Crippen LogP contribution in [-0.2, 0) is 0 Å². The van der Waals surface area contributed by atoms with E-state index in [2.05, 4.69) is 4.98 Å². The molecule has 2 heterocycles. The first-order valence-corrected chi connectivity index (χ1v) is 8.59. The SMILES string of the molecule is Cc1ncsc1-c1nc2ccccc2c(=O)n1-c1cccc(Cl)c1. The third-order valence-corrected chi connectivity index (χ3v) is 4.95. The van der Waals surface area contributed by atoms with E-state index in [-0.39, 0.29) is 5.56 Å². The number of para-hydroxylation sites is 1. The van der Waals surface area contributed by atoms with E-state index in [0.29, 0.717) is 27.4 Å². The molecule has 0 amide bonds. The summed E-state index contributed by atoms with van der Waals surface area (Å²) in [5.41, 5.74) is 3.84. The van der Waals surface area contributed by atoms with E-state index in [0.717, 1.165) is 10.6 Å². The fraction of sp³-hybridized carbons (Fsp3) is 0.0556. The molecular formula is C18H12ClN3OS. The number of hydrogen-bond donors (Lipinski definition) is 0. The molecule has 0 aliphatic heterocycles. The van der Waals surface area contributed by atoms with Gasteiger partial charge in [0.15, 0.2) is 5.82 Å². The lowest BCUT2D eigenvalue weighted by Crippen LogP contribution is -2.21. The maximum atomic E-state index is 13.1. The second-order valence-corrected chi connectivity index (χ2v) is 6.63. The molecule has 4 nitrogen and oxygen atoms in total. The van der Waals surface area contributed by atoms with E-state index >= 15 is 0 Å². The predicted octanol–water partition coefficient (Wildman–Crippen LogP) is 4.47. The van der Waals surface area contributed by atoms with Crippen LogP contribution < -0.4 is 5.56 Å². The summed E-state index contributed by atoms with van der Waals surface area (Å²) in [6.07, 6.45) is 0. The number of benzene rings is 2. The lowest BCUT2D eigenvalue weighted by Gasteiger charge is -2.13. The highest BCUT2D eigenvalue weighted by Crippen LogP contribution is 2.28. The summed E-state index contributed by atoms with van der Waals surface area (Å²) in [6.45, 7) is 1.91. The fourth-order valence-electron chi connectivity index (χ4n) is 2.66. The van der Waals surface area contributed by atoms with Crippen molar-refractivity contribution in [3.63, 3.8) is 0 Å². The minimum atomic E-state index is -0.120. The largest absolute Gasteiger partial charge is 0.268 e. The molecule has 0 spiro atoms. The van der Waals surface area contributed by atoms with Crippen molar-refractivity contribution in [3.05, 3.63) is 75.1 Å². The molecule has 0 N–H and O–H groups in total. The molecule has 0 saturated heterocycles. The topological polar surface area (TPSA) is 47.8 Å². The lowest BCUT2D eigenvalue weighted by atomic mass is 10.2. The summed E-state index contributed by atoms with van der Waals surface area (Å²) in [5, 5.41) is 1.14. The minimum Gasteiger partial charge on any atom is -0.268 e. The molecule has 2 aromatic heterocycles. The first-order valence-electron chi connectivity index (χ1n) is 7.33. The third kappa shape index (κ3) is 2.42. The van der Waals surface area contributed by atoms with E-state index in [1.165, 1.54) is 11.3 Å². The lowest BCUT2D eigenvalue weighted by molar-refractivity contribution is 0.976. The van der Waals surface area contributed by atoms with Crippen LogP contribution in [-0.4, -0.2) is 14.5 Å².